The second kappa shape index (κ2) is 9.84. The highest BCUT2D eigenvalue weighted by Gasteiger charge is 2.61. The molecule has 202 valence electrons. The Labute approximate surface area is 228 Å². The lowest BCUT2D eigenvalue weighted by Gasteiger charge is -2.61. The van der Waals surface area contributed by atoms with Gasteiger partial charge in [-0.3, -0.25) is 9.59 Å². The molecule has 1 heterocycles. The summed E-state index contributed by atoms with van der Waals surface area (Å²) in [7, 11) is 2.05. The first-order valence-corrected chi connectivity index (χ1v) is 15.0. The molecule has 1 saturated heterocycles. The Bertz CT molecular complexity index is 1130. The molecule has 4 nitrogen and oxygen atoms in total. The van der Waals surface area contributed by atoms with E-state index in [1.54, 1.807) is 0 Å². The monoisotopic (exact) mass is 512 g/mol. The van der Waals surface area contributed by atoms with E-state index >= 15 is 0 Å². The predicted octanol–water partition coefficient (Wildman–Crippen LogP) is 6.41. The van der Waals surface area contributed by atoms with Crippen LogP contribution < -0.4 is 5.32 Å². The van der Waals surface area contributed by atoms with Crippen LogP contribution in [-0.2, 0) is 9.59 Å². The minimum atomic E-state index is -0.278. The number of nitrogens with one attached hydrogen (secondary N) is 1. The van der Waals surface area contributed by atoms with E-state index in [9.17, 15) is 9.59 Å². The Morgan fingerprint density at radius 3 is 2.16 bits per heavy atom. The van der Waals surface area contributed by atoms with E-state index in [-0.39, 0.29) is 17.2 Å². The molecule has 7 atom stereocenters. The average Bonchev–Trinajstić information content (AvgIpc) is 3.27. The molecule has 1 aliphatic heterocycles. The van der Waals surface area contributed by atoms with Gasteiger partial charge in [-0.1, -0.05) is 74.5 Å². The van der Waals surface area contributed by atoms with Crippen LogP contribution in [0.25, 0.3) is 0 Å². The Morgan fingerprint density at radius 1 is 0.868 bits per heavy atom. The van der Waals surface area contributed by atoms with Crippen LogP contribution in [-0.4, -0.2) is 36.3 Å². The number of fused-ring (bicyclic) bond motifs is 5. The Morgan fingerprint density at radius 2 is 1.50 bits per heavy atom. The van der Waals surface area contributed by atoms with E-state index in [0.717, 1.165) is 48.3 Å². The van der Waals surface area contributed by atoms with E-state index in [4.69, 9.17) is 0 Å². The van der Waals surface area contributed by atoms with Gasteiger partial charge in [0, 0.05) is 26.1 Å². The molecule has 0 radical (unpaired) electrons. The van der Waals surface area contributed by atoms with Gasteiger partial charge in [-0.15, -0.1) is 0 Å². The van der Waals surface area contributed by atoms with Crippen molar-refractivity contribution in [1.82, 2.24) is 10.2 Å². The molecular weight excluding hydrogens is 468 g/mol. The van der Waals surface area contributed by atoms with Gasteiger partial charge in [0.2, 0.25) is 11.8 Å². The molecule has 38 heavy (non-hydrogen) atoms. The number of likely N-dealkylation sites (tertiary alicyclic amines) is 1. The van der Waals surface area contributed by atoms with Crippen LogP contribution >= 0.6 is 0 Å². The zero-order chi connectivity index (χ0) is 26.5. The summed E-state index contributed by atoms with van der Waals surface area (Å²) in [5, 5.41) is 3.43. The smallest absolute Gasteiger partial charge is 0.232 e. The highest BCUT2D eigenvalue weighted by molar-refractivity contribution is 5.87. The maximum absolute atomic E-state index is 13.7. The van der Waals surface area contributed by atoms with Gasteiger partial charge in [0.15, 0.2) is 0 Å². The van der Waals surface area contributed by atoms with Gasteiger partial charge < -0.3 is 10.2 Å². The molecule has 3 aliphatic carbocycles. The van der Waals surface area contributed by atoms with E-state index in [2.05, 4.69) is 48.3 Å². The minimum Gasteiger partial charge on any atom is -0.355 e. The first-order valence-electron chi connectivity index (χ1n) is 15.0. The zero-order valence-corrected chi connectivity index (χ0v) is 23.4. The molecule has 4 aliphatic rings. The summed E-state index contributed by atoms with van der Waals surface area (Å²) in [5.74, 6) is 2.94. The summed E-state index contributed by atoms with van der Waals surface area (Å²) < 4.78 is 0. The van der Waals surface area contributed by atoms with Gasteiger partial charge in [-0.2, -0.15) is 0 Å². The summed E-state index contributed by atoms with van der Waals surface area (Å²) in [6.07, 6.45) is 9.21. The van der Waals surface area contributed by atoms with E-state index in [1.807, 2.05) is 43.4 Å². The van der Waals surface area contributed by atoms with Crippen molar-refractivity contribution in [3.63, 3.8) is 0 Å². The molecule has 6 rings (SSSR count). The number of carbonyl (C=O) groups excluding carboxylic acids is 2. The number of carbonyl (C=O) groups is 2. The molecule has 4 fully saturated rings. The van der Waals surface area contributed by atoms with Crippen molar-refractivity contribution in [1.29, 1.82) is 0 Å². The molecule has 2 aromatic carbocycles. The number of hydrogen-bond donors (Lipinski definition) is 1. The fourth-order valence-corrected chi connectivity index (χ4v) is 9.71. The second-order valence-corrected chi connectivity index (χ2v) is 13.3. The van der Waals surface area contributed by atoms with Gasteiger partial charge in [-0.05, 0) is 90.6 Å². The molecule has 2 aromatic rings. The number of rotatable bonds is 5. The first kappa shape index (κ1) is 25.6. The van der Waals surface area contributed by atoms with Crippen LogP contribution in [0.2, 0.25) is 0 Å². The largest absolute Gasteiger partial charge is 0.355 e. The van der Waals surface area contributed by atoms with Crippen molar-refractivity contribution in [2.24, 2.45) is 34.5 Å². The summed E-state index contributed by atoms with van der Waals surface area (Å²) in [6.45, 7) is 5.81. The second-order valence-electron chi connectivity index (χ2n) is 13.3. The average molecular weight is 513 g/mol. The Balaban J connectivity index is 1.17. The lowest BCUT2D eigenvalue weighted by atomic mass is 9.47. The van der Waals surface area contributed by atoms with Gasteiger partial charge in [0.25, 0.3) is 0 Å². The van der Waals surface area contributed by atoms with Gasteiger partial charge in [-0.25, -0.2) is 0 Å². The molecule has 2 amide bonds. The van der Waals surface area contributed by atoms with Crippen LogP contribution in [0.1, 0.15) is 82.3 Å². The van der Waals surface area contributed by atoms with Crippen molar-refractivity contribution in [3.8, 4) is 0 Å². The van der Waals surface area contributed by atoms with Gasteiger partial charge in [0.1, 0.15) is 0 Å². The van der Waals surface area contributed by atoms with E-state index in [1.165, 1.54) is 32.1 Å². The third-order valence-electron chi connectivity index (χ3n) is 11.8. The number of piperidine rings is 1. The number of benzene rings is 2. The van der Waals surface area contributed by atoms with Crippen LogP contribution in [0.3, 0.4) is 0 Å². The van der Waals surface area contributed by atoms with Gasteiger partial charge in [0.05, 0.1) is 5.92 Å². The van der Waals surface area contributed by atoms with Gasteiger partial charge >= 0.3 is 0 Å². The standard InChI is InChI=1S/C34H44N2O2/c1-33-20-18-28-26(15-17-29-34(28,2)21-19-30(37)36(29)3)27(33)16-14-25(33)22-35-32(38)31(23-10-6-4-7-11-23)24-12-8-5-9-13-24/h4-13,25-29,31H,14-22H2,1-3H3,(H,35,38)/t25-,26+,27+,28+,29-,33-,34-/m1/s1. The van der Waals surface area contributed by atoms with Crippen molar-refractivity contribution >= 4 is 11.8 Å². The third-order valence-corrected chi connectivity index (χ3v) is 11.8. The van der Waals surface area contributed by atoms with Crippen molar-refractivity contribution in [3.05, 3.63) is 71.8 Å². The predicted molar refractivity (Wildman–Crippen MR) is 151 cm³/mol. The number of amides is 2. The highest BCUT2D eigenvalue weighted by atomic mass is 16.2. The fourth-order valence-electron chi connectivity index (χ4n) is 9.71. The minimum absolute atomic E-state index is 0.117. The highest BCUT2D eigenvalue weighted by Crippen LogP contribution is 2.66. The van der Waals surface area contributed by atoms with E-state index in [0.29, 0.717) is 29.7 Å². The third kappa shape index (κ3) is 4.10. The van der Waals surface area contributed by atoms with Crippen molar-refractivity contribution < 1.29 is 9.59 Å². The molecule has 3 saturated carbocycles. The Kier molecular flexibility index (Phi) is 6.64. The zero-order valence-electron chi connectivity index (χ0n) is 23.4. The molecule has 0 aromatic heterocycles. The molecule has 0 bridgehead atoms. The molecule has 1 N–H and O–H groups in total. The number of nitrogens with zero attached hydrogens (tertiary/aromatic N) is 1. The first-order chi connectivity index (χ1) is 18.3. The van der Waals surface area contributed by atoms with Crippen LogP contribution in [0, 0.1) is 34.5 Å². The molecule has 0 unspecified atom stereocenters. The summed E-state index contributed by atoms with van der Waals surface area (Å²) in [6, 6.07) is 20.8. The maximum atomic E-state index is 13.7. The lowest BCUT2D eigenvalue weighted by Crippen LogP contribution is -2.61. The molecule has 4 heteroatoms. The van der Waals surface area contributed by atoms with Crippen molar-refractivity contribution in [2.45, 2.75) is 77.2 Å². The summed E-state index contributed by atoms with van der Waals surface area (Å²) >= 11 is 0. The SMILES string of the molecule is CN1C(=O)CC[C@]2(C)[C@H]3CC[C@]4(C)[C@@H](CNC(=O)C(c5ccccc5)c5ccccc5)CC[C@H]4[C@@H]3CC[C@@H]12. The molecular formula is C34H44N2O2. The van der Waals surface area contributed by atoms with Crippen molar-refractivity contribution in [2.75, 3.05) is 13.6 Å². The lowest BCUT2D eigenvalue weighted by molar-refractivity contribution is -0.158. The summed E-state index contributed by atoms with van der Waals surface area (Å²) in [4.78, 5) is 28.3. The number of hydrogen-bond acceptors (Lipinski definition) is 2. The van der Waals surface area contributed by atoms with Crippen LogP contribution in [0.4, 0.5) is 0 Å². The quantitative estimate of drug-likeness (QED) is 0.503. The molecule has 0 spiro atoms. The van der Waals surface area contributed by atoms with Crippen LogP contribution in [0.5, 0.6) is 0 Å². The van der Waals surface area contributed by atoms with E-state index < -0.39 is 0 Å². The fraction of sp³-hybridized carbons (Fsp3) is 0.588. The van der Waals surface area contributed by atoms with Crippen LogP contribution in [0.15, 0.2) is 60.7 Å². The Hall–Kier alpha value is -2.62. The normalized spacial score (nSPS) is 36.4. The summed E-state index contributed by atoms with van der Waals surface area (Å²) in [5.41, 5.74) is 2.65. The maximum Gasteiger partial charge on any atom is 0.232 e. The topological polar surface area (TPSA) is 49.4 Å².